The molecule has 2 rings (SSSR count). The van der Waals surface area contributed by atoms with E-state index in [1.54, 1.807) is 6.20 Å². The number of nitrogens with one attached hydrogen (secondary N) is 1. The van der Waals surface area contributed by atoms with Crippen molar-refractivity contribution >= 4 is 34.4 Å². The minimum atomic E-state index is 0.333. The smallest absolute Gasteiger partial charge is 0.140 e. The SMILES string of the molecule is CN(C)c1cccc(Nc2ncccc2C(N)=S)c1. The van der Waals surface area contributed by atoms with Gasteiger partial charge in [0.2, 0.25) is 0 Å². The largest absolute Gasteiger partial charge is 0.389 e. The Balaban J connectivity index is 2.31. The third-order valence-corrected chi connectivity index (χ3v) is 2.92. The number of rotatable bonds is 4. The molecule has 1 aromatic heterocycles. The number of hydrogen-bond donors (Lipinski definition) is 2. The summed E-state index contributed by atoms with van der Waals surface area (Å²) in [5.74, 6) is 0.672. The third kappa shape index (κ3) is 3.20. The van der Waals surface area contributed by atoms with Gasteiger partial charge in [0.05, 0.1) is 5.56 Å². The number of nitrogens with zero attached hydrogens (tertiary/aromatic N) is 2. The van der Waals surface area contributed by atoms with Crippen LogP contribution < -0.4 is 16.0 Å². The standard InChI is InChI=1S/C14H16N4S/c1-18(2)11-6-3-5-10(9-11)17-14-12(13(15)19)7-4-8-16-14/h3-9H,1-2H3,(H2,15,19)(H,16,17). The molecule has 0 aliphatic carbocycles. The van der Waals surface area contributed by atoms with E-state index in [0.29, 0.717) is 10.8 Å². The predicted molar refractivity (Wildman–Crippen MR) is 84.2 cm³/mol. The quantitative estimate of drug-likeness (QED) is 0.838. The Morgan fingerprint density at radius 3 is 2.74 bits per heavy atom. The molecular formula is C14H16N4S. The Morgan fingerprint density at radius 2 is 2.05 bits per heavy atom. The molecule has 5 heteroatoms. The van der Waals surface area contributed by atoms with Gasteiger partial charge in [0.15, 0.2) is 0 Å². The van der Waals surface area contributed by atoms with E-state index in [1.165, 1.54) is 0 Å². The predicted octanol–water partition coefficient (Wildman–Crippen LogP) is 2.53. The Kier molecular flexibility index (Phi) is 3.97. The van der Waals surface area contributed by atoms with Crippen molar-refractivity contribution in [1.29, 1.82) is 0 Å². The highest BCUT2D eigenvalue weighted by molar-refractivity contribution is 7.80. The highest BCUT2D eigenvalue weighted by Gasteiger charge is 2.06. The average Bonchev–Trinajstić information content (AvgIpc) is 2.39. The lowest BCUT2D eigenvalue weighted by Gasteiger charge is -2.15. The van der Waals surface area contributed by atoms with Crippen LogP contribution in [0.1, 0.15) is 5.56 Å². The molecule has 1 aromatic carbocycles. The van der Waals surface area contributed by atoms with Crippen LogP contribution in [0.4, 0.5) is 17.2 Å². The van der Waals surface area contributed by atoms with Gasteiger partial charge in [-0.25, -0.2) is 4.98 Å². The van der Waals surface area contributed by atoms with Crippen molar-refractivity contribution in [3.05, 3.63) is 48.2 Å². The summed E-state index contributed by atoms with van der Waals surface area (Å²) in [4.78, 5) is 6.65. The molecule has 0 amide bonds. The van der Waals surface area contributed by atoms with Gasteiger partial charge < -0.3 is 16.0 Å². The van der Waals surface area contributed by atoms with Crippen LogP contribution in [0.3, 0.4) is 0 Å². The fraction of sp³-hybridized carbons (Fsp3) is 0.143. The zero-order valence-electron chi connectivity index (χ0n) is 10.9. The minimum absolute atomic E-state index is 0.333. The van der Waals surface area contributed by atoms with Crippen molar-refractivity contribution in [2.24, 2.45) is 5.73 Å². The van der Waals surface area contributed by atoms with Crippen LogP contribution >= 0.6 is 12.2 Å². The second-order valence-corrected chi connectivity index (χ2v) is 4.77. The fourth-order valence-electron chi connectivity index (χ4n) is 1.70. The molecule has 0 saturated heterocycles. The zero-order chi connectivity index (χ0) is 13.8. The molecule has 4 nitrogen and oxygen atoms in total. The van der Waals surface area contributed by atoms with Gasteiger partial charge in [0.25, 0.3) is 0 Å². The minimum Gasteiger partial charge on any atom is -0.389 e. The molecule has 0 spiro atoms. The number of anilines is 3. The van der Waals surface area contributed by atoms with Gasteiger partial charge in [0.1, 0.15) is 10.8 Å². The van der Waals surface area contributed by atoms with Crippen LogP contribution in [0.2, 0.25) is 0 Å². The van der Waals surface area contributed by atoms with Crippen molar-refractivity contribution < 1.29 is 0 Å². The molecular weight excluding hydrogens is 256 g/mol. The molecule has 0 bridgehead atoms. The summed E-state index contributed by atoms with van der Waals surface area (Å²) in [7, 11) is 4.00. The topological polar surface area (TPSA) is 54.2 Å². The molecule has 0 unspecified atom stereocenters. The first-order valence-electron chi connectivity index (χ1n) is 5.87. The molecule has 3 N–H and O–H groups in total. The average molecular weight is 272 g/mol. The first-order valence-corrected chi connectivity index (χ1v) is 6.28. The van der Waals surface area contributed by atoms with Gasteiger partial charge in [-0.1, -0.05) is 18.3 Å². The second-order valence-electron chi connectivity index (χ2n) is 4.33. The molecule has 0 fully saturated rings. The number of pyridine rings is 1. The highest BCUT2D eigenvalue weighted by Crippen LogP contribution is 2.22. The normalized spacial score (nSPS) is 10.0. The van der Waals surface area contributed by atoms with Crippen LogP contribution in [0, 0.1) is 0 Å². The Hall–Kier alpha value is -2.14. The summed E-state index contributed by atoms with van der Waals surface area (Å²) in [5.41, 5.74) is 8.49. The van der Waals surface area contributed by atoms with E-state index in [9.17, 15) is 0 Å². The van der Waals surface area contributed by atoms with E-state index in [-0.39, 0.29) is 0 Å². The summed E-state index contributed by atoms with van der Waals surface area (Å²) in [6.07, 6.45) is 1.71. The summed E-state index contributed by atoms with van der Waals surface area (Å²) >= 11 is 5.02. The number of nitrogens with two attached hydrogens (primary N) is 1. The van der Waals surface area contributed by atoms with Gasteiger partial charge in [-0.15, -0.1) is 0 Å². The number of thiocarbonyl (C=S) groups is 1. The first-order chi connectivity index (χ1) is 9.08. The number of aromatic nitrogens is 1. The Bertz CT molecular complexity index is 596. The van der Waals surface area contributed by atoms with E-state index in [1.807, 2.05) is 55.4 Å². The lowest BCUT2D eigenvalue weighted by Crippen LogP contribution is -2.13. The zero-order valence-corrected chi connectivity index (χ0v) is 11.7. The van der Waals surface area contributed by atoms with Gasteiger partial charge in [-0.05, 0) is 30.3 Å². The molecule has 19 heavy (non-hydrogen) atoms. The molecule has 1 heterocycles. The van der Waals surface area contributed by atoms with Crippen LogP contribution in [0.15, 0.2) is 42.6 Å². The van der Waals surface area contributed by atoms with Crippen molar-refractivity contribution in [3.8, 4) is 0 Å². The maximum absolute atomic E-state index is 5.69. The van der Waals surface area contributed by atoms with Crippen LogP contribution in [0.25, 0.3) is 0 Å². The maximum atomic E-state index is 5.69. The maximum Gasteiger partial charge on any atom is 0.140 e. The first kappa shape index (κ1) is 13.3. The Morgan fingerprint density at radius 1 is 1.26 bits per heavy atom. The van der Waals surface area contributed by atoms with E-state index in [4.69, 9.17) is 18.0 Å². The molecule has 0 aliphatic heterocycles. The highest BCUT2D eigenvalue weighted by atomic mass is 32.1. The molecule has 0 aliphatic rings. The van der Waals surface area contributed by atoms with E-state index in [0.717, 1.165) is 16.9 Å². The van der Waals surface area contributed by atoms with Gasteiger partial charge in [0, 0.05) is 31.7 Å². The van der Waals surface area contributed by atoms with Crippen molar-refractivity contribution in [3.63, 3.8) is 0 Å². The lowest BCUT2D eigenvalue weighted by molar-refractivity contribution is 1.13. The number of benzene rings is 1. The summed E-state index contributed by atoms with van der Waals surface area (Å²) in [6.45, 7) is 0. The van der Waals surface area contributed by atoms with Crippen molar-refractivity contribution in [2.75, 3.05) is 24.3 Å². The third-order valence-electron chi connectivity index (χ3n) is 2.70. The molecule has 2 aromatic rings. The second kappa shape index (κ2) is 5.67. The number of hydrogen-bond acceptors (Lipinski definition) is 4. The van der Waals surface area contributed by atoms with E-state index >= 15 is 0 Å². The lowest BCUT2D eigenvalue weighted by atomic mass is 10.2. The van der Waals surface area contributed by atoms with Crippen LogP contribution in [0.5, 0.6) is 0 Å². The summed E-state index contributed by atoms with van der Waals surface area (Å²) < 4.78 is 0. The monoisotopic (exact) mass is 272 g/mol. The van der Waals surface area contributed by atoms with Crippen LogP contribution in [-0.4, -0.2) is 24.1 Å². The fourth-order valence-corrected chi connectivity index (χ4v) is 1.87. The van der Waals surface area contributed by atoms with Crippen molar-refractivity contribution in [1.82, 2.24) is 4.98 Å². The molecule has 0 saturated carbocycles. The van der Waals surface area contributed by atoms with Gasteiger partial charge >= 0.3 is 0 Å². The van der Waals surface area contributed by atoms with Gasteiger partial charge in [-0.2, -0.15) is 0 Å². The van der Waals surface area contributed by atoms with Crippen molar-refractivity contribution in [2.45, 2.75) is 0 Å². The van der Waals surface area contributed by atoms with E-state index < -0.39 is 0 Å². The van der Waals surface area contributed by atoms with E-state index in [2.05, 4.69) is 10.3 Å². The molecule has 0 radical (unpaired) electrons. The summed E-state index contributed by atoms with van der Waals surface area (Å²) in [5, 5.41) is 3.24. The molecule has 98 valence electrons. The van der Waals surface area contributed by atoms with Gasteiger partial charge in [-0.3, -0.25) is 0 Å². The Labute approximate surface area is 118 Å². The molecule has 0 atom stereocenters. The van der Waals surface area contributed by atoms with Crippen LogP contribution in [-0.2, 0) is 0 Å². The summed E-state index contributed by atoms with van der Waals surface area (Å²) in [6, 6.07) is 11.7.